The molecule has 0 bridgehead atoms. The van der Waals surface area contributed by atoms with Crippen LogP contribution >= 0.6 is 0 Å². The topological polar surface area (TPSA) is 81.2 Å². The van der Waals surface area contributed by atoms with E-state index in [-0.39, 0.29) is 18.2 Å². The molecule has 0 aromatic heterocycles. The monoisotopic (exact) mass is 359 g/mol. The van der Waals surface area contributed by atoms with E-state index in [9.17, 15) is 19.5 Å². The summed E-state index contributed by atoms with van der Waals surface area (Å²) in [4.78, 5) is 42.0. The van der Waals surface area contributed by atoms with Crippen LogP contribution in [-0.2, 0) is 9.59 Å². The Morgan fingerprint density at radius 3 is 2.38 bits per heavy atom. The van der Waals surface area contributed by atoms with E-state index in [4.69, 9.17) is 0 Å². The summed E-state index contributed by atoms with van der Waals surface area (Å²) in [6.45, 7) is 0.893. The summed E-state index contributed by atoms with van der Waals surface area (Å²) in [7, 11) is 5.48. The van der Waals surface area contributed by atoms with Crippen molar-refractivity contribution in [3.63, 3.8) is 0 Å². The molecule has 2 aliphatic rings. The van der Waals surface area contributed by atoms with Gasteiger partial charge in [-0.15, -0.1) is 0 Å². The van der Waals surface area contributed by atoms with Crippen molar-refractivity contribution in [2.45, 2.75) is 24.8 Å². The second kappa shape index (κ2) is 6.63. The molecule has 1 spiro atoms. The molecule has 0 saturated carbocycles. The van der Waals surface area contributed by atoms with Crippen molar-refractivity contribution in [3.05, 3.63) is 29.8 Å². The van der Waals surface area contributed by atoms with Gasteiger partial charge in [0.25, 0.3) is 5.91 Å². The van der Waals surface area contributed by atoms with Gasteiger partial charge in [0.05, 0.1) is 17.0 Å². The van der Waals surface area contributed by atoms with Crippen LogP contribution in [0.1, 0.15) is 29.6 Å². The first-order valence-electron chi connectivity index (χ1n) is 8.83. The Morgan fingerprint density at radius 1 is 1.19 bits per heavy atom. The van der Waals surface area contributed by atoms with Crippen molar-refractivity contribution in [2.24, 2.45) is 5.92 Å². The number of nitrogens with zero attached hydrogens (tertiary/aromatic N) is 3. The third-order valence-corrected chi connectivity index (χ3v) is 5.90. The molecule has 2 fully saturated rings. The summed E-state index contributed by atoms with van der Waals surface area (Å²) in [5.41, 5.74) is 0.814. The number of carbonyl (C=O) groups excluding carboxylic acids is 2. The van der Waals surface area contributed by atoms with Gasteiger partial charge in [0.1, 0.15) is 0 Å². The molecule has 7 nitrogen and oxygen atoms in total. The van der Waals surface area contributed by atoms with Crippen molar-refractivity contribution < 1.29 is 19.5 Å². The summed E-state index contributed by atoms with van der Waals surface area (Å²) >= 11 is 0. The zero-order chi connectivity index (χ0) is 19.1. The highest BCUT2D eigenvalue weighted by Crippen LogP contribution is 2.43. The van der Waals surface area contributed by atoms with Crippen LogP contribution in [0.5, 0.6) is 0 Å². The first-order chi connectivity index (χ1) is 12.3. The van der Waals surface area contributed by atoms with Crippen molar-refractivity contribution in [2.75, 3.05) is 39.1 Å². The van der Waals surface area contributed by atoms with Crippen LogP contribution in [0, 0.1) is 5.92 Å². The number of carbonyl (C=O) groups is 3. The second-order valence-corrected chi connectivity index (χ2v) is 7.36. The highest BCUT2D eigenvalue weighted by molar-refractivity contribution is 6.00. The van der Waals surface area contributed by atoms with Gasteiger partial charge in [0.15, 0.2) is 0 Å². The zero-order valence-corrected chi connectivity index (χ0v) is 15.4. The van der Waals surface area contributed by atoms with Crippen molar-refractivity contribution in [1.29, 1.82) is 0 Å². The van der Waals surface area contributed by atoms with Crippen LogP contribution in [0.2, 0.25) is 0 Å². The first kappa shape index (κ1) is 18.2. The van der Waals surface area contributed by atoms with Gasteiger partial charge < -0.3 is 19.8 Å². The molecule has 2 heterocycles. The van der Waals surface area contributed by atoms with E-state index in [0.29, 0.717) is 31.5 Å². The molecule has 26 heavy (non-hydrogen) atoms. The molecule has 2 saturated heterocycles. The van der Waals surface area contributed by atoms with Crippen LogP contribution in [0.4, 0.5) is 5.69 Å². The Balaban J connectivity index is 1.79. The molecular weight excluding hydrogens is 334 g/mol. The maximum absolute atomic E-state index is 13.0. The molecule has 1 N–H and O–H groups in total. The minimum Gasteiger partial charge on any atom is -0.481 e. The number of carboxylic acid groups (broad SMARTS) is 1. The summed E-state index contributed by atoms with van der Waals surface area (Å²) in [5.74, 6) is -1.81. The van der Waals surface area contributed by atoms with Crippen LogP contribution in [0.3, 0.4) is 0 Å². The molecule has 1 aromatic rings. The van der Waals surface area contributed by atoms with E-state index >= 15 is 0 Å². The van der Waals surface area contributed by atoms with Crippen LogP contribution in [0.15, 0.2) is 24.3 Å². The Kier molecular flexibility index (Phi) is 4.64. The Morgan fingerprint density at radius 2 is 1.81 bits per heavy atom. The van der Waals surface area contributed by atoms with E-state index in [2.05, 4.69) is 0 Å². The number of para-hydroxylation sites is 1. The molecule has 2 amide bonds. The van der Waals surface area contributed by atoms with Gasteiger partial charge in [-0.25, -0.2) is 0 Å². The summed E-state index contributed by atoms with van der Waals surface area (Å²) in [5, 5.41) is 9.55. The third kappa shape index (κ3) is 2.81. The van der Waals surface area contributed by atoms with Gasteiger partial charge in [0, 0.05) is 46.3 Å². The second-order valence-electron chi connectivity index (χ2n) is 7.36. The number of piperidine rings is 1. The van der Waals surface area contributed by atoms with Crippen molar-refractivity contribution in [1.82, 2.24) is 9.80 Å². The number of amides is 2. The fraction of sp³-hybridized carbons (Fsp3) is 0.526. The number of aliphatic carboxylic acids is 1. The molecule has 0 radical (unpaired) electrons. The SMILES string of the molecule is CN(C)c1ccccc1C(=O)N1CCC2(CC1)[C@H](C(=O)O)CC(=O)N2C. The Hall–Kier alpha value is -2.57. The first-order valence-corrected chi connectivity index (χ1v) is 8.83. The lowest BCUT2D eigenvalue weighted by atomic mass is 9.77. The fourth-order valence-corrected chi connectivity index (χ4v) is 4.30. The summed E-state index contributed by atoms with van der Waals surface area (Å²) in [6.07, 6.45) is 1.02. The van der Waals surface area contributed by atoms with Crippen molar-refractivity contribution in [3.8, 4) is 0 Å². The molecule has 0 unspecified atom stereocenters. The predicted molar refractivity (Wildman–Crippen MR) is 97.2 cm³/mol. The predicted octanol–water partition coefficient (Wildman–Crippen LogP) is 1.29. The van der Waals surface area contributed by atoms with Gasteiger partial charge >= 0.3 is 5.97 Å². The van der Waals surface area contributed by atoms with Crippen molar-refractivity contribution >= 4 is 23.5 Å². The number of likely N-dealkylation sites (tertiary alicyclic amines) is 2. The number of benzene rings is 1. The Bertz CT molecular complexity index is 738. The van der Waals surface area contributed by atoms with Gasteiger partial charge in [-0.05, 0) is 25.0 Å². The quantitative estimate of drug-likeness (QED) is 0.880. The minimum atomic E-state index is -0.930. The van der Waals surface area contributed by atoms with Gasteiger partial charge in [-0.3, -0.25) is 14.4 Å². The van der Waals surface area contributed by atoms with Crippen LogP contribution < -0.4 is 4.90 Å². The zero-order valence-electron chi connectivity index (χ0n) is 15.4. The summed E-state index contributed by atoms with van der Waals surface area (Å²) < 4.78 is 0. The molecule has 140 valence electrons. The number of rotatable bonds is 3. The van der Waals surface area contributed by atoms with Gasteiger partial charge in [-0.1, -0.05) is 12.1 Å². The lowest BCUT2D eigenvalue weighted by Gasteiger charge is -2.45. The average molecular weight is 359 g/mol. The highest BCUT2D eigenvalue weighted by Gasteiger charge is 2.55. The lowest BCUT2D eigenvalue weighted by Crippen LogP contribution is -2.57. The van der Waals surface area contributed by atoms with E-state index in [1.807, 2.05) is 43.3 Å². The smallest absolute Gasteiger partial charge is 0.309 e. The fourth-order valence-electron chi connectivity index (χ4n) is 4.30. The standard InChI is InChI=1S/C19H25N3O4/c1-20(2)15-7-5-4-6-13(15)17(24)22-10-8-19(9-11-22)14(18(25)26)12-16(23)21(19)3/h4-7,14H,8-12H2,1-3H3,(H,25,26)/t14-/m0/s1. The van der Waals surface area contributed by atoms with Gasteiger partial charge in [0.2, 0.25) is 5.91 Å². The van der Waals surface area contributed by atoms with Crippen LogP contribution in [0.25, 0.3) is 0 Å². The van der Waals surface area contributed by atoms with E-state index in [1.165, 1.54) is 0 Å². The van der Waals surface area contributed by atoms with E-state index < -0.39 is 17.4 Å². The van der Waals surface area contributed by atoms with E-state index in [1.54, 1.807) is 16.8 Å². The average Bonchev–Trinajstić information content (AvgIpc) is 2.87. The van der Waals surface area contributed by atoms with E-state index in [0.717, 1.165) is 5.69 Å². The van der Waals surface area contributed by atoms with Gasteiger partial charge in [-0.2, -0.15) is 0 Å². The van der Waals surface area contributed by atoms with Crippen LogP contribution in [-0.4, -0.2) is 72.5 Å². The molecular formula is C19H25N3O4. The normalized spacial score (nSPS) is 22.0. The third-order valence-electron chi connectivity index (χ3n) is 5.90. The molecule has 0 aliphatic carbocycles. The lowest BCUT2D eigenvalue weighted by molar-refractivity contribution is -0.145. The number of anilines is 1. The molecule has 3 rings (SSSR count). The molecule has 1 aromatic carbocycles. The molecule has 1 atom stereocenters. The highest BCUT2D eigenvalue weighted by atomic mass is 16.4. The number of hydrogen-bond donors (Lipinski definition) is 1. The molecule has 2 aliphatic heterocycles. The largest absolute Gasteiger partial charge is 0.481 e. The maximum Gasteiger partial charge on any atom is 0.309 e. The number of hydrogen-bond acceptors (Lipinski definition) is 4. The minimum absolute atomic E-state index is 0.0449. The maximum atomic E-state index is 13.0. The summed E-state index contributed by atoms with van der Waals surface area (Å²) in [6, 6.07) is 7.46. The molecule has 7 heteroatoms. The number of carboxylic acids is 1. The Labute approximate surface area is 153 Å².